The Labute approximate surface area is 152 Å². The fourth-order valence-electron chi connectivity index (χ4n) is 3.36. The molecule has 4 rings (SSSR count). The van der Waals surface area contributed by atoms with Gasteiger partial charge in [-0.1, -0.05) is 54.6 Å². The van der Waals surface area contributed by atoms with Crippen LogP contribution in [0.3, 0.4) is 0 Å². The van der Waals surface area contributed by atoms with Crippen molar-refractivity contribution in [1.82, 2.24) is 4.57 Å². The zero-order valence-corrected chi connectivity index (χ0v) is 14.5. The van der Waals surface area contributed by atoms with Gasteiger partial charge in [0, 0.05) is 29.3 Å². The van der Waals surface area contributed by atoms with Gasteiger partial charge in [-0.25, -0.2) is 4.39 Å². The van der Waals surface area contributed by atoms with E-state index in [2.05, 4.69) is 19.1 Å². The third-order valence-corrected chi connectivity index (χ3v) is 4.78. The van der Waals surface area contributed by atoms with Crippen LogP contribution in [0.2, 0.25) is 0 Å². The van der Waals surface area contributed by atoms with Gasteiger partial charge in [0.2, 0.25) is 0 Å². The summed E-state index contributed by atoms with van der Waals surface area (Å²) in [4.78, 5) is 0. The van der Waals surface area contributed by atoms with Crippen LogP contribution < -0.4 is 0 Å². The topological polar surface area (TPSA) is 28.8 Å². The molecule has 0 aliphatic heterocycles. The van der Waals surface area contributed by atoms with E-state index in [9.17, 15) is 4.39 Å². The van der Waals surface area contributed by atoms with Crippen LogP contribution in [0.5, 0.6) is 0 Å². The van der Waals surface area contributed by atoms with Crippen molar-refractivity contribution in [2.75, 3.05) is 0 Å². The first kappa shape index (κ1) is 16.3. The number of para-hydroxylation sites is 2. The van der Waals surface area contributed by atoms with Crippen LogP contribution in [0, 0.1) is 18.2 Å². The maximum atomic E-state index is 14.3. The zero-order chi connectivity index (χ0) is 18.1. The lowest BCUT2D eigenvalue weighted by Crippen LogP contribution is -2.04. The van der Waals surface area contributed by atoms with E-state index in [1.165, 1.54) is 11.6 Å². The number of nitrogens with one attached hydrogen (secondary N) is 1. The maximum Gasteiger partial charge on any atom is 0.147 e. The summed E-state index contributed by atoms with van der Waals surface area (Å²) in [5.74, 6) is -0.273. The Morgan fingerprint density at radius 1 is 0.923 bits per heavy atom. The molecule has 4 aromatic rings. The van der Waals surface area contributed by atoms with Crippen molar-refractivity contribution in [3.63, 3.8) is 0 Å². The van der Waals surface area contributed by atoms with Gasteiger partial charge in [0.05, 0.1) is 11.2 Å². The molecule has 0 fully saturated rings. The first-order valence-corrected chi connectivity index (χ1v) is 8.62. The van der Waals surface area contributed by atoms with Gasteiger partial charge < -0.3 is 9.98 Å². The fraction of sp³-hybridized carbons (Fsp3) is 0.0870. The number of hydrogen-bond acceptors (Lipinski definition) is 1. The normalized spacial score (nSPS) is 11.0. The standard InChI is InChI=1S/C23H19FN2/c1-16-8-2-3-9-17(16)14-21(25)19-15-26(22-12-6-4-10-18(19)22)23-13-7-5-11-20(23)24/h2-13,15,25H,14H2,1H3. The molecule has 128 valence electrons. The quantitative estimate of drug-likeness (QED) is 0.462. The molecule has 0 amide bonds. The van der Waals surface area contributed by atoms with Gasteiger partial charge in [0.25, 0.3) is 0 Å². The molecule has 0 aliphatic carbocycles. The van der Waals surface area contributed by atoms with Gasteiger partial charge in [-0.2, -0.15) is 0 Å². The Balaban J connectivity index is 1.83. The summed E-state index contributed by atoms with van der Waals surface area (Å²) in [5, 5.41) is 9.64. The second-order valence-corrected chi connectivity index (χ2v) is 6.46. The smallest absolute Gasteiger partial charge is 0.147 e. The molecule has 3 heteroatoms. The molecule has 26 heavy (non-hydrogen) atoms. The minimum atomic E-state index is -0.273. The molecule has 3 aromatic carbocycles. The number of halogens is 1. The molecule has 0 bridgehead atoms. The second kappa shape index (κ2) is 6.60. The molecule has 0 spiro atoms. The van der Waals surface area contributed by atoms with E-state index in [1.807, 2.05) is 53.2 Å². The van der Waals surface area contributed by atoms with Gasteiger partial charge in [-0.3, -0.25) is 0 Å². The van der Waals surface area contributed by atoms with Crippen molar-refractivity contribution in [2.24, 2.45) is 0 Å². The first-order valence-electron chi connectivity index (χ1n) is 8.62. The first-order chi connectivity index (χ1) is 12.6. The summed E-state index contributed by atoms with van der Waals surface area (Å²) in [6.45, 7) is 2.06. The highest BCUT2D eigenvalue weighted by molar-refractivity contribution is 6.10. The Bertz CT molecular complexity index is 1110. The van der Waals surface area contributed by atoms with Crippen LogP contribution in [0.4, 0.5) is 4.39 Å². The predicted molar refractivity (Wildman–Crippen MR) is 105 cm³/mol. The van der Waals surface area contributed by atoms with Crippen molar-refractivity contribution in [3.05, 3.63) is 102 Å². The fourth-order valence-corrected chi connectivity index (χ4v) is 3.36. The molecule has 1 aromatic heterocycles. The summed E-state index contributed by atoms with van der Waals surface area (Å²) >= 11 is 0. The average Bonchev–Trinajstić information content (AvgIpc) is 3.04. The Hall–Kier alpha value is -3.20. The van der Waals surface area contributed by atoms with Crippen LogP contribution in [-0.4, -0.2) is 10.3 Å². The number of nitrogens with zero attached hydrogens (tertiary/aromatic N) is 1. The summed E-state index contributed by atoms with van der Waals surface area (Å²) in [7, 11) is 0. The number of aryl methyl sites for hydroxylation is 1. The highest BCUT2D eigenvalue weighted by Crippen LogP contribution is 2.27. The third kappa shape index (κ3) is 2.82. The summed E-state index contributed by atoms with van der Waals surface area (Å²) in [5.41, 5.74) is 5.09. The molecule has 0 saturated heterocycles. The van der Waals surface area contributed by atoms with Crippen LogP contribution in [-0.2, 0) is 6.42 Å². The van der Waals surface area contributed by atoms with Crippen molar-refractivity contribution in [1.29, 1.82) is 5.41 Å². The van der Waals surface area contributed by atoms with E-state index in [0.717, 1.165) is 22.0 Å². The SMILES string of the molecule is Cc1ccccc1CC(=N)c1cn(-c2ccccc2F)c2ccccc12. The van der Waals surface area contributed by atoms with E-state index in [-0.39, 0.29) is 5.82 Å². The highest BCUT2D eigenvalue weighted by atomic mass is 19.1. The predicted octanol–water partition coefficient (Wildman–Crippen LogP) is 5.69. The number of aromatic nitrogens is 1. The summed E-state index contributed by atoms with van der Waals surface area (Å²) in [6.07, 6.45) is 2.43. The molecule has 0 aliphatic rings. The van der Waals surface area contributed by atoms with E-state index in [1.54, 1.807) is 12.1 Å². The minimum absolute atomic E-state index is 0.273. The molecular weight excluding hydrogens is 323 g/mol. The van der Waals surface area contributed by atoms with Gasteiger partial charge >= 0.3 is 0 Å². The lowest BCUT2D eigenvalue weighted by molar-refractivity contribution is 0.620. The summed E-state index contributed by atoms with van der Waals surface area (Å²) < 4.78 is 16.2. The van der Waals surface area contributed by atoms with Gasteiger partial charge in [0.15, 0.2) is 0 Å². The molecule has 0 saturated carbocycles. The highest BCUT2D eigenvalue weighted by Gasteiger charge is 2.15. The van der Waals surface area contributed by atoms with Crippen molar-refractivity contribution in [3.8, 4) is 5.69 Å². The van der Waals surface area contributed by atoms with Gasteiger partial charge in [0.1, 0.15) is 5.82 Å². The van der Waals surface area contributed by atoms with Gasteiger partial charge in [-0.05, 0) is 36.2 Å². The van der Waals surface area contributed by atoms with E-state index in [4.69, 9.17) is 5.41 Å². The number of rotatable bonds is 4. The number of fused-ring (bicyclic) bond motifs is 1. The molecule has 0 unspecified atom stereocenters. The van der Waals surface area contributed by atoms with E-state index < -0.39 is 0 Å². The van der Waals surface area contributed by atoms with Crippen LogP contribution in [0.15, 0.2) is 79.0 Å². The van der Waals surface area contributed by atoms with Crippen LogP contribution in [0.1, 0.15) is 16.7 Å². The minimum Gasteiger partial charge on any atom is -0.313 e. The van der Waals surface area contributed by atoms with Crippen LogP contribution >= 0.6 is 0 Å². The molecule has 0 atom stereocenters. The number of hydrogen-bond donors (Lipinski definition) is 1. The van der Waals surface area contributed by atoms with Crippen LogP contribution in [0.25, 0.3) is 16.6 Å². The Morgan fingerprint density at radius 2 is 1.62 bits per heavy atom. The largest absolute Gasteiger partial charge is 0.313 e. The molecule has 2 nitrogen and oxygen atoms in total. The molecule has 1 heterocycles. The monoisotopic (exact) mass is 342 g/mol. The lowest BCUT2D eigenvalue weighted by atomic mass is 9.99. The third-order valence-electron chi connectivity index (χ3n) is 4.78. The average molecular weight is 342 g/mol. The summed E-state index contributed by atoms with van der Waals surface area (Å²) in [6, 6.07) is 22.7. The lowest BCUT2D eigenvalue weighted by Gasteiger charge is -2.07. The second-order valence-electron chi connectivity index (χ2n) is 6.46. The van der Waals surface area contributed by atoms with Crippen molar-refractivity contribution >= 4 is 16.6 Å². The van der Waals surface area contributed by atoms with E-state index >= 15 is 0 Å². The molecule has 0 radical (unpaired) electrons. The van der Waals surface area contributed by atoms with E-state index in [0.29, 0.717) is 17.8 Å². The van der Waals surface area contributed by atoms with Gasteiger partial charge in [-0.15, -0.1) is 0 Å². The Kier molecular flexibility index (Phi) is 4.13. The molecule has 1 N–H and O–H groups in total. The zero-order valence-electron chi connectivity index (χ0n) is 14.5. The molecular formula is C23H19FN2. The number of benzene rings is 3. The maximum absolute atomic E-state index is 14.3. The van der Waals surface area contributed by atoms with Crippen molar-refractivity contribution in [2.45, 2.75) is 13.3 Å². The Morgan fingerprint density at radius 3 is 2.42 bits per heavy atom. The van der Waals surface area contributed by atoms with Crippen molar-refractivity contribution < 1.29 is 4.39 Å².